The molecule has 5 heteroatoms. The van der Waals surface area contributed by atoms with Crippen molar-refractivity contribution in [1.29, 1.82) is 0 Å². The molecule has 0 aliphatic heterocycles. The predicted octanol–water partition coefficient (Wildman–Crippen LogP) is 5.18. The Morgan fingerprint density at radius 2 is 1.73 bits per heavy atom. The summed E-state index contributed by atoms with van der Waals surface area (Å²) in [5.74, 6) is 1.56. The van der Waals surface area contributed by atoms with Crippen LogP contribution in [0.4, 0.5) is 0 Å². The van der Waals surface area contributed by atoms with Gasteiger partial charge in [-0.25, -0.2) is 9.97 Å². The van der Waals surface area contributed by atoms with Gasteiger partial charge in [-0.15, -0.1) is 11.8 Å². The van der Waals surface area contributed by atoms with Crippen LogP contribution < -0.4 is 4.74 Å². The van der Waals surface area contributed by atoms with Crippen molar-refractivity contribution in [1.82, 2.24) is 14.4 Å². The van der Waals surface area contributed by atoms with Gasteiger partial charge >= 0.3 is 0 Å². The second-order valence-corrected chi connectivity index (χ2v) is 6.66. The molecule has 0 spiro atoms. The lowest BCUT2D eigenvalue weighted by Gasteiger charge is -2.08. The number of hydrogen-bond donors (Lipinski definition) is 0. The van der Waals surface area contributed by atoms with E-state index in [0.29, 0.717) is 12.4 Å². The van der Waals surface area contributed by atoms with Crippen molar-refractivity contribution in [2.45, 2.75) is 11.8 Å². The van der Waals surface area contributed by atoms with Crippen LogP contribution in [0.3, 0.4) is 0 Å². The van der Waals surface area contributed by atoms with Gasteiger partial charge in [0.1, 0.15) is 5.75 Å². The Labute approximate surface area is 156 Å². The molecule has 0 bridgehead atoms. The summed E-state index contributed by atoms with van der Waals surface area (Å²) < 4.78 is 7.60. The number of aromatic nitrogens is 3. The summed E-state index contributed by atoms with van der Waals surface area (Å²) >= 11 is 1.74. The topological polar surface area (TPSA) is 39.4 Å². The van der Waals surface area contributed by atoms with Crippen LogP contribution >= 0.6 is 11.8 Å². The zero-order chi connectivity index (χ0) is 17.9. The fraction of sp³-hybridized carbons (Fsp3) is 0.143. The quantitative estimate of drug-likeness (QED) is 0.459. The van der Waals surface area contributed by atoms with Crippen molar-refractivity contribution in [3.8, 4) is 28.3 Å². The normalized spacial score (nSPS) is 11.0. The third-order valence-corrected chi connectivity index (χ3v) is 4.95. The largest absolute Gasteiger partial charge is 0.494 e. The Morgan fingerprint density at radius 3 is 2.42 bits per heavy atom. The van der Waals surface area contributed by atoms with E-state index >= 15 is 0 Å². The summed E-state index contributed by atoms with van der Waals surface area (Å²) in [6.45, 7) is 2.64. The monoisotopic (exact) mass is 361 g/mol. The maximum absolute atomic E-state index is 5.56. The third-order valence-electron chi connectivity index (χ3n) is 4.21. The van der Waals surface area contributed by atoms with E-state index in [1.807, 2.05) is 47.9 Å². The Hall–Kier alpha value is -2.79. The molecule has 26 heavy (non-hydrogen) atoms. The molecule has 0 radical (unpaired) electrons. The highest BCUT2D eigenvalue weighted by Gasteiger charge is 2.16. The van der Waals surface area contributed by atoms with Crippen molar-refractivity contribution in [2.75, 3.05) is 12.9 Å². The van der Waals surface area contributed by atoms with E-state index in [-0.39, 0.29) is 0 Å². The van der Waals surface area contributed by atoms with Gasteiger partial charge in [0.15, 0.2) is 0 Å². The number of fused-ring (bicyclic) bond motifs is 1. The highest BCUT2D eigenvalue weighted by Crippen LogP contribution is 2.33. The Kier molecular flexibility index (Phi) is 4.63. The Balaban J connectivity index is 1.88. The number of ether oxygens (including phenoxy) is 1. The lowest BCUT2D eigenvalue weighted by Crippen LogP contribution is -1.92. The first-order chi connectivity index (χ1) is 12.8. The minimum atomic E-state index is 0.657. The van der Waals surface area contributed by atoms with E-state index < -0.39 is 0 Å². The van der Waals surface area contributed by atoms with Crippen LogP contribution in [0.1, 0.15) is 6.92 Å². The van der Waals surface area contributed by atoms with Crippen LogP contribution in [0.2, 0.25) is 0 Å². The molecule has 0 amide bonds. The molecular weight excluding hydrogens is 342 g/mol. The number of thioether (sulfide) groups is 1. The average molecular weight is 361 g/mol. The summed E-state index contributed by atoms with van der Waals surface area (Å²) in [6.07, 6.45) is 5.86. The van der Waals surface area contributed by atoms with E-state index in [0.717, 1.165) is 28.3 Å². The van der Waals surface area contributed by atoms with Gasteiger partial charge in [-0.05, 0) is 55.6 Å². The van der Waals surface area contributed by atoms with Crippen LogP contribution in [-0.2, 0) is 0 Å². The van der Waals surface area contributed by atoms with Gasteiger partial charge in [0.25, 0.3) is 0 Å². The van der Waals surface area contributed by atoms with Gasteiger partial charge in [0.05, 0.1) is 18.0 Å². The predicted molar refractivity (Wildman–Crippen MR) is 107 cm³/mol. The number of nitrogens with zero attached hydrogens (tertiary/aromatic N) is 3. The molecule has 4 aromatic rings. The summed E-state index contributed by atoms with van der Waals surface area (Å²) in [5, 5.41) is 0. The van der Waals surface area contributed by atoms with Gasteiger partial charge in [0, 0.05) is 28.4 Å². The standard InChI is InChI=1S/C21H19N3OS/c1-3-25-17-9-5-15(6-10-17)19-20(16-7-11-18(26-2)12-8-16)24-14-4-13-22-21(24)23-19/h4-14H,3H2,1-2H3. The maximum atomic E-state index is 5.56. The molecule has 0 atom stereocenters. The number of imidazole rings is 1. The second kappa shape index (κ2) is 7.22. The molecule has 0 aliphatic rings. The Bertz CT molecular complexity index is 1020. The van der Waals surface area contributed by atoms with E-state index in [4.69, 9.17) is 9.72 Å². The molecule has 2 aromatic carbocycles. The summed E-state index contributed by atoms with van der Waals surface area (Å²) in [4.78, 5) is 10.4. The highest BCUT2D eigenvalue weighted by atomic mass is 32.2. The number of rotatable bonds is 5. The van der Waals surface area contributed by atoms with E-state index in [9.17, 15) is 0 Å². The van der Waals surface area contributed by atoms with Gasteiger partial charge in [0.2, 0.25) is 5.78 Å². The van der Waals surface area contributed by atoms with Crippen LogP contribution in [0.15, 0.2) is 71.9 Å². The lowest BCUT2D eigenvalue weighted by molar-refractivity contribution is 0.340. The molecule has 0 N–H and O–H groups in total. The van der Waals surface area contributed by atoms with Gasteiger partial charge in [-0.2, -0.15) is 0 Å². The van der Waals surface area contributed by atoms with E-state index in [1.165, 1.54) is 4.90 Å². The average Bonchev–Trinajstić information content (AvgIpc) is 3.08. The van der Waals surface area contributed by atoms with Crippen LogP contribution in [0.5, 0.6) is 5.75 Å². The van der Waals surface area contributed by atoms with E-state index in [2.05, 4.69) is 35.5 Å². The zero-order valence-corrected chi connectivity index (χ0v) is 15.5. The fourth-order valence-corrected chi connectivity index (χ4v) is 3.40. The smallest absolute Gasteiger partial charge is 0.234 e. The van der Waals surface area contributed by atoms with Gasteiger partial charge in [-0.3, -0.25) is 4.40 Å². The summed E-state index contributed by atoms with van der Waals surface area (Å²) in [5.41, 5.74) is 4.13. The van der Waals surface area contributed by atoms with Crippen LogP contribution in [0, 0.1) is 0 Å². The molecule has 2 aromatic heterocycles. The highest BCUT2D eigenvalue weighted by molar-refractivity contribution is 7.98. The van der Waals surface area contributed by atoms with Crippen molar-refractivity contribution >= 4 is 17.5 Å². The molecule has 0 aliphatic carbocycles. The van der Waals surface area contributed by atoms with Gasteiger partial charge < -0.3 is 4.74 Å². The van der Waals surface area contributed by atoms with Crippen molar-refractivity contribution in [3.63, 3.8) is 0 Å². The first-order valence-corrected chi connectivity index (χ1v) is 9.73. The molecule has 4 nitrogen and oxygen atoms in total. The van der Waals surface area contributed by atoms with Gasteiger partial charge in [-0.1, -0.05) is 12.1 Å². The minimum absolute atomic E-state index is 0.657. The summed E-state index contributed by atoms with van der Waals surface area (Å²) in [6, 6.07) is 18.5. The Morgan fingerprint density at radius 1 is 1.00 bits per heavy atom. The second-order valence-electron chi connectivity index (χ2n) is 5.78. The maximum Gasteiger partial charge on any atom is 0.234 e. The first-order valence-electron chi connectivity index (χ1n) is 8.51. The molecule has 0 saturated carbocycles. The van der Waals surface area contributed by atoms with E-state index in [1.54, 1.807) is 18.0 Å². The zero-order valence-electron chi connectivity index (χ0n) is 14.7. The molecule has 0 fully saturated rings. The minimum Gasteiger partial charge on any atom is -0.494 e. The SMILES string of the molecule is CCOc1ccc(-c2nc3ncccn3c2-c2ccc(SC)cc2)cc1. The molecule has 0 saturated heterocycles. The first kappa shape index (κ1) is 16.7. The van der Waals surface area contributed by atoms with Crippen molar-refractivity contribution in [2.24, 2.45) is 0 Å². The van der Waals surface area contributed by atoms with Crippen LogP contribution in [0.25, 0.3) is 28.3 Å². The van der Waals surface area contributed by atoms with Crippen molar-refractivity contribution < 1.29 is 4.74 Å². The van der Waals surface area contributed by atoms with Crippen molar-refractivity contribution in [3.05, 3.63) is 67.0 Å². The fourth-order valence-electron chi connectivity index (χ4n) is 2.99. The lowest BCUT2D eigenvalue weighted by atomic mass is 10.0. The number of benzene rings is 2. The molecular formula is C21H19N3OS. The molecule has 130 valence electrons. The van der Waals surface area contributed by atoms with Crippen LogP contribution in [-0.4, -0.2) is 27.2 Å². The summed E-state index contributed by atoms with van der Waals surface area (Å²) in [7, 11) is 0. The molecule has 4 rings (SSSR count). The third kappa shape index (κ3) is 3.06. The number of hydrogen-bond acceptors (Lipinski definition) is 4. The molecule has 2 heterocycles. The molecule has 0 unspecified atom stereocenters.